The molecule has 0 aromatic heterocycles. The molecule has 0 saturated heterocycles. The lowest BCUT2D eigenvalue weighted by Gasteiger charge is -2.22. The van der Waals surface area contributed by atoms with Gasteiger partial charge in [0.15, 0.2) is 5.78 Å². The van der Waals surface area contributed by atoms with Crippen LogP contribution >= 0.6 is 0 Å². The highest BCUT2D eigenvalue weighted by atomic mass is 16.6. The zero-order chi connectivity index (χ0) is 23.7. The van der Waals surface area contributed by atoms with E-state index in [0.717, 1.165) is 6.08 Å². The highest BCUT2D eigenvalue weighted by Gasteiger charge is 2.40. The minimum absolute atomic E-state index is 0.0340. The van der Waals surface area contributed by atoms with Crippen molar-refractivity contribution < 1.29 is 19.6 Å². The van der Waals surface area contributed by atoms with Crippen LogP contribution in [0.4, 0.5) is 17.1 Å². The minimum Gasteiger partial charge on any atom is -0.289 e. The summed E-state index contributed by atoms with van der Waals surface area (Å²) in [6.45, 7) is 7.66. The Morgan fingerprint density at radius 2 is 1.42 bits per heavy atom. The maximum Gasteiger partial charge on any atom is 0.283 e. The number of rotatable bonds is 6. The number of ketones is 1. The first-order chi connectivity index (χ1) is 14.3. The Balaban J connectivity index is 2.73. The number of nitro groups is 3. The smallest absolute Gasteiger partial charge is 0.283 e. The van der Waals surface area contributed by atoms with E-state index in [0.29, 0.717) is 5.56 Å². The predicted molar refractivity (Wildman–Crippen MR) is 114 cm³/mol. The Morgan fingerprint density at radius 3 is 1.84 bits per heavy atom. The molecule has 0 saturated carbocycles. The number of carbonyl (C=O) groups is 1. The van der Waals surface area contributed by atoms with Gasteiger partial charge in [0.2, 0.25) is 0 Å². The molecule has 10 heteroatoms. The van der Waals surface area contributed by atoms with Crippen LogP contribution in [0.3, 0.4) is 0 Å². The highest BCUT2D eigenvalue weighted by Crippen LogP contribution is 2.44. The van der Waals surface area contributed by atoms with E-state index in [-0.39, 0.29) is 27.9 Å². The first kappa shape index (κ1) is 23.3. The van der Waals surface area contributed by atoms with Gasteiger partial charge in [0, 0.05) is 34.2 Å². The number of non-ortho nitro benzene ring substituents is 1. The van der Waals surface area contributed by atoms with Gasteiger partial charge in [0.25, 0.3) is 17.1 Å². The highest BCUT2D eigenvalue weighted by molar-refractivity contribution is 6.10. The lowest BCUT2D eigenvalue weighted by atomic mass is 9.79. The van der Waals surface area contributed by atoms with E-state index >= 15 is 0 Å². The van der Waals surface area contributed by atoms with Crippen LogP contribution in [-0.2, 0) is 5.41 Å². The predicted octanol–water partition coefficient (Wildman–Crippen LogP) is 5.22. The largest absolute Gasteiger partial charge is 0.289 e. The normalized spacial score (nSPS) is 11.5. The molecule has 0 spiro atoms. The van der Waals surface area contributed by atoms with Gasteiger partial charge in [-0.3, -0.25) is 35.1 Å². The molecule has 0 bridgehead atoms. The number of nitro benzene ring substituents is 3. The van der Waals surface area contributed by atoms with Crippen molar-refractivity contribution in [2.45, 2.75) is 40.0 Å². The summed E-state index contributed by atoms with van der Waals surface area (Å²) >= 11 is 0. The minimum atomic E-state index is -0.916. The zero-order valence-corrected chi connectivity index (χ0v) is 17.7. The van der Waals surface area contributed by atoms with Crippen molar-refractivity contribution in [3.8, 4) is 0 Å². The van der Waals surface area contributed by atoms with Gasteiger partial charge in [-0.2, -0.15) is 0 Å². The monoisotopic (exact) mass is 427 g/mol. The van der Waals surface area contributed by atoms with Crippen LogP contribution in [-0.4, -0.2) is 20.6 Å². The molecule has 0 aliphatic heterocycles. The van der Waals surface area contributed by atoms with Crippen LogP contribution in [0.15, 0.2) is 30.3 Å². The molecule has 0 radical (unpaired) electrons. The Morgan fingerprint density at radius 1 is 0.903 bits per heavy atom. The molecule has 2 rings (SSSR count). The van der Waals surface area contributed by atoms with E-state index in [4.69, 9.17) is 0 Å². The van der Waals surface area contributed by atoms with E-state index in [1.165, 1.54) is 38.1 Å². The van der Waals surface area contributed by atoms with E-state index in [9.17, 15) is 35.1 Å². The van der Waals surface area contributed by atoms with Gasteiger partial charge >= 0.3 is 0 Å². The summed E-state index contributed by atoms with van der Waals surface area (Å²) in [6.07, 6.45) is 2.42. The number of hydrogen-bond donors (Lipinski definition) is 0. The van der Waals surface area contributed by atoms with Crippen molar-refractivity contribution in [3.05, 3.63) is 88.5 Å². The molecule has 0 aliphatic rings. The number of hydrogen-bond acceptors (Lipinski definition) is 7. The molecule has 10 nitrogen and oxygen atoms in total. The van der Waals surface area contributed by atoms with Crippen molar-refractivity contribution in [2.75, 3.05) is 0 Å². The number of nitrogens with zero attached hydrogens (tertiary/aromatic N) is 3. The fourth-order valence-electron chi connectivity index (χ4n) is 3.54. The first-order valence-electron chi connectivity index (χ1n) is 9.20. The Hall–Kier alpha value is -3.95. The molecule has 0 N–H and O–H groups in total. The maximum absolute atomic E-state index is 12.9. The summed E-state index contributed by atoms with van der Waals surface area (Å²) in [6, 6.07) is 5.55. The first-order valence-corrected chi connectivity index (χ1v) is 9.20. The van der Waals surface area contributed by atoms with Gasteiger partial charge in [-0.15, -0.1) is 0 Å². The van der Waals surface area contributed by atoms with Crippen LogP contribution in [0.25, 0.3) is 6.08 Å². The molecular weight excluding hydrogens is 406 g/mol. The quantitative estimate of drug-likeness (QED) is 0.266. The van der Waals surface area contributed by atoms with E-state index in [2.05, 4.69) is 0 Å². The van der Waals surface area contributed by atoms with Crippen molar-refractivity contribution >= 4 is 28.9 Å². The molecule has 0 atom stereocenters. The van der Waals surface area contributed by atoms with Gasteiger partial charge < -0.3 is 0 Å². The Kier molecular flexibility index (Phi) is 6.34. The summed E-state index contributed by atoms with van der Waals surface area (Å²) in [5.41, 5.74) is -1.74. The third kappa shape index (κ3) is 4.63. The second kappa shape index (κ2) is 8.42. The lowest BCUT2D eigenvalue weighted by Crippen LogP contribution is -2.20. The molecular formula is C21H21N3O7. The zero-order valence-electron chi connectivity index (χ0n) is 17.7. The second-order valence-corrected chi connectivity index (χ2v) is 8.01. The van der Waals surface area contributed by atoms with Gasteiger partial charge in [-0.25, -0.2) is 0 Å². The SMILES string of the molecule is Cc1c(C(=O)C=Cc2cccc([N+](=O)[O-])c2)c(C)c([N+](=O)[O-])c(C(C)(C)C)c1[N+](=O)[O-]. The van der Waals surface area contributed by atoms with Crippen LogP contribution in [0, 0.1) is 44.2 Å². The van der Waals surface area contributed by atoms with E-state index < -0.39 is 37.3 Å². The molecule has 0 fully saturated rings. The third-order valence-electron chi connectivity index (χ3n) is 4.80. The van der Waals surface area contributed by atoms with Crippen LogP contribution in [0.5, 0.6) is 0 Å². The van der Waals surface area contributed by atoms with Gasteiger partial charge in [-0.05, 0) is 25.5 Å². The van der Waals surface area contributed by atoms with Gasteiger partial charge in [0.1, 0.15) is 5.56 Å². The van der Waals surface area contributed by atoms with Gasteiger partial charge in [-0.1, -0.05) is 39.0 Å². The summed E-state index contributed by atoms with van der Waals surface area (Å²) in [5.74, 6) is -0.673. The average molecular weight is 427 g/mol. The third-order valence-corrected chi connectivity index (χ3v) is 4.80. The van der Waals surface area contributed by atoms with Crippen LogP contribution in [0.2, 0.25) is 0 Å². The van der Waals surface area contributed by atoms with Crippen molar-refractivity contribution in [2.24, 2.45) is 0 Å². The Bertz CT molecular complexity index is 1100. The van der Waals surface area contributed by atoms with Crippen molar-refractivity contribution in [3.63, 3.8) is 0 Å². The Labute approximate surface area is 177 Å². The average Bonchev–Trinajstić information content (AvgIpc) is 2.64. The lowest BCUT2D eigenvalue weighted by molar-refractivity contribution is -0.397. The molecule has 162 valence electrons. The standard InChI is InChI=1S/C21H21N3O7/c1-12-17(16(25)10-9-14-7-6-8-15(11-14)22(26)27)13(2)20(24(30)31)18(21(3,4)5)19(12)23(28)29/h6-11H,1-5H3. The summed E-state index contributed by atoms with van der Waals surface area (Å²) < 4.78 is 0. The summed E-state index contributed by atoms with van der Waals surface area (Å²) in [7, 11) is 0. The number of carbonyl (C=O) groups excluding carboxylic acids is 1. The molecule has 0 unspecified atom stereocenters. The topological polar surface area (TPSA) is 146 Å². The van der Waals surface area contributed by atoms with E-state index in [1.54, 1.807) is 26.8 Å². The molecule has 2 aromatic rings. The fourth-order valence-corrected chi connectivity index (χ4v) is 3.54. The molecule has 0 amide bonds. The van der Waals surface area contributed by atoms with Crippen LogP contribution < -0.4 is 0 Å². The van der Waals surface area contributed by atoms with Crippen molar-refractivity contribution in [1.82, 2.24) is 0 Å². The van der Waals surface area contributed by atoms with E-state index in [1.807, 2.05) is 0 Å². The molecule has 0 heterocycles. The molecule has 2 aromatic carbocycles. The fraction of sp³-hybridized carbons (Fsp3) is 0.286. The molecule has 0 aliphatic carbocycles. The van der Waals surface area contributed by atoms with Crippen LogP contribution in [0.1, 0.15) is 53.4 Å². The summed E-state index contributed by atoms with van der Waals surface area (Å²) in [5, 5.41) is 34.5. The second-order valence-electron chi connectivity index (χ2n) is 8.01. The maximum atomic E-state index is 12.9. The number of allylic oxidation sites excluding steroid dienone is 1. The van der Waals surface area contributed by atoms with Gasteiger partial charge in [0.05, 0.1) is 14.8 Å². The number of benzene rings is 2. The molecule has 31 heavy (non-hydrogen) atoms. The summed E-state index contributed by atoms with van der Waals surface area (Å²) in [4.78, 5) is 45.5. The van der Waals surface area contributed by atoms with Crippen molar-refractivity contribution in [1.29, 1.82) is 0 Å².